The molecule has 0 unspecified atom stereocenters. The number of hydrogen-bond donors (Lipinski definition) is 1. The normalized spacial score (nSPS) is 19.0. The molecule has 1 aromatic heterocycles. The van der Waals surface area contributed by atoms with Gasteiger partial charge in [-0.15, -0.1) is 0 Å². The van der Waals surface area contributed by atoms with Gasteiger partial charge in [-0.05, 0) is 31.5 Å². The first-order chi connectivity index (χ1) is 15.8. The molecule has 1 amide bonds. The number of benzene rings is 1. The summed E-state index contributed by atoms with van der Waals surface area (Å²) < 4.78 is 15.1. The van der Waals surface area contributed by atoms with Gasteiger partial charge in [-0.2, -0.15) is 0 Å². The van der Waals surface area contributed by atoms with Gasteiger partial charge in [0.1, 0.15) is 11.5 Å². The van der Waals surface area contributed by atoms with Crippen molar-refractivity contribution in [3.05, 3.63) is 52.6 Å². The van der Waals surface area contributed by atoms with Crippen molar-refractivity contribution < 1.29 is 14.0 Å². The molecule has 3 aliphatic rings. The van der Waals surface area contributed by atoms with Crippen LogP contribution in [-0.4, -0.2) is 60.5 Å². The Morgan fingerprint density at radius 1 is 1.18 bits per heavy atom. The van der Waals surface area contributed by atoms with Crippen molar-refractivity contribution in [3.63, 3.8) is 0 Å². The topological polar surface area (TPSA) is 77.9 Å². The molecule has 0 radical (unpaired) electrons. The molecule has 2 saturated heterocycles. The molecule has 33 heavy (non-hydrogen) atoms. The van der Waals surface area contributed by atoms with Crippen LogP contribution in [0.4, 0.5) is 15.8 Å². The second-order valence-electron chi connectivity index (χ2n) is 9.43. The number of anilines is 1. The average Bonchev–Trinajstić information content (AvgIpc) is 2.75. The van der Waals surface area contributed by atoms with Crippen LogP contribution in [0.5, 0.6) is 0 Å². The maximum Gasteiger partial charge on any atom is 0.269 e. The van der Waals surface area contributed by atoms with Crippen LogP contribution in [0.2, 0.25) is 0 Å². The Morgan fingerprint density at radius 2 is 1.94 bits per heavy atom. The van der Waals surface area contributed by atoms with Gasteiger partial charge in [-0.3, -0.25) is 14.5 Å². The summed E-state index contributed by atoms with van der Waals surface area (Å²) in [4.78, 5) is 37.3. The minimum absolute atomic E-state index is 0.0772. The lowest BCUT2D eigenvalue weighted by atomic mass is 9.72. The van der Waals surface area contributed by atoms with Crippen LogP contribution in [0.3, 0.4) is 0 Å². The number of halogens is 1. The monoisotopic (exact) mass is 449 g/mol. The van der Waals surface area contributed by atoms with Crippen LogP contribution >= 0.6 is 0 Å². The van der Waals surface area contributed by atoms with E-state index in [1.54, 1.807) is 13.1 Å². The number of hydrogen-bond acceptors (Lipinski definition) is 6. The van der Waals surface area contributed by atoms with Crippen LogP contribution in [0.25, 0.3) is 0 Å². The lowest BCUT2D eigenvalue weighted by molar-refractivity contribution is -0.112. The number of likely N-dealkylation sites (tertiary alicyclic amines) is 1. The van der Waals surface area contributed by atoms with Crippen molar-refractivity contribution in [2.45, 2.75) is 33.2 Å². The molecule has 2 aromatic rings. The number of Topliss-reactive ketones (excluding diaryl/α,β-unsaturated/α-hetero) is 1. The number of ketones is 1. The molecule has 0 saturated carbocycles. The molecule has 1 N–H and O–H groups in total. The number of aryl methyl sites for hydroxylation is 1. The van der Waals surface area contributed by atoms with Crippen molar-refractivity contribution in [1.29, 1.82) is 0 Å². The Kier molecular flexibility index (Phi) is 5.28. The Hall–Kier alpha value is -3.13. The number of rotatable bonds is 5. The Balaban J connectivity index is 1.20. The lowest BCUT2D eigenvalue weighted by Crippen LogP contribution is -2.72. The number of pyridine rings is 1. The second kappa shape index (κ2) is 8.02. The van der Waals surface area contributed by atoms with E-state index in [-0.39, 0.29) is 29.3 Å². The molecule has 8 heteroatoms. The fourth-order valence-corrected chi connectivity index (χ4v) is 5.33. The molecule has 2 fully saturated rings. The summed E-state index contributed by atoms with van der Waals surface area (Å²) >= 11 is 0. The zero-order valence-electron chi connectivity index (χ0n) is 19.2. The predicted molar refractivity (Wildman–Crippen MR) is 125 cm³/mol. The number of amides is 1. The first kappa shape index (κ1) is 21.7. The molecule has 0 aliphatic carbocycles. The van der Waals surface area contributed by atoms with E-state index in [1.165, 1.54) is 0 Å². The maximum atomic E-state index is 15.1. The standard InChI is InChI=1S/C25H28FN5O2/c1-4-18-22(32)9-17-19(29-18)6-5-16(23(17)26)10-30-11-25(12-30)13-31(14-25)21-8-7-20(24(33)27-3)28-15(21)2/h5-8H,4,9-14H2,1-3H3,(H,27,33). The van der Waals surface area contributed by atoms with E-state index in [0.717, 1.165) is 37.6 Å². The van der Waals surface area contributed by atoms with Gasteiger partial charge >= 0.3 is 0 Å². The Bertz CT molecular complexity index is 1180. The number of carbonyl (C=O) groups excluding carboxylic acids is 2. The third kappa shape index (κ3) is 3.72. The van der Waals surface area contributed by atoms with E-state index in [9.17, 15) is 9.59 Å². The smallest absolute Gasteiger partial charge is 0.269 e. The fraction of sp³-hybridized carbons (Fsp3) is 0.440. The summed E-state index contributed by atoms with van der Waals surface area (Å²) in [6.45, 7) is 8.06. The molecule has 4 heterocycles. The summed E-state index contributed by atoms with van der Waals surface area (Å²) in [5, 5.41) is 2.60. The van der Waals surface area contributed by atoms with Gasteiger partial charge in [0.25, 0.3) is 5.91 Å². The number of fused-ring (bicyclic) bond motifs is 1. The molecule has 0 atom stereocenters. The van der Waals surface area contributed by atoms with E-state index in [4.69, 9.17) is 0 Å². The fourth-order valence-electron chi connectivity index (χ4n) is 5.33. The SMILES string of the molecule is CCC1=Nc2ccc(CN3CC4(C3)CN(c3ccc(C(=O)NC)nc3C)C4)c(F)c2CC1=O. The number of aliphatic imine (C=N–C) groups is 1. The van der Waals surface area contributed by atoms with E-state index in [1.807, 2.05) is 32.0 Å². The quantitative estimate of drug-likeness (QED) is 0.760. The zero-order valence-corrected chi connectivity index (χ0v) is 19.2. The van der Waals surface area contributed by atoms with Crippen molar-refractivity contribution >= 4 is 28.8 Å². The summed E-state index contributed by atoms with van der Waals surface area (Å²) in [7, 11) is 1.60. The first-order valence-corrected chi connectivity index (χ1v) is 11.4. The van der Waals surface area contributed by atoms with Gasteiger partial charge in [0.15, 0.2) is 5.78 Å². The van der Waals surface area contributed by atoms with E-state index in [2.05, 4.69) is 25.1 Å². The minimum Gasteiger partial charge on any atom is -0.369 e. The largest absolute Gasteiger partial charge is 0.369 e. The summed E-state index contributed by atoms with van der Waals surface area (Å²) in [6.07, 6.45) is 0.676. The van der Waals surface area contributed by atoms with Gasteiger partial charge in [0.2, 0.25) is 0 Å². The number of nitrogens with zero attached hydrogens (tertiary/aromatic N) is 4. The van der Waals surface area contributed by atoms with Crippen LogP contribution < -0.4 is 10.2 Å². The molecule has 3 aliphatic heterocycles. The molecular formula is C25H28FN5O2. The van der Waals surface area contributed by atoms with Gasteiger partial charge in [-0.25, -0.2) is 14.4 Å². The highest BCUT2D eigenvalue weighted by molar-refractivity contribution is 6.41. The van der Waals surface area contributed by atoms with E-state index >= 15 is 4.39 Å². The van der Waals surface area contributed by atoms with Crippen molar-refractivity contribution in [2.24, 2.45) is 10.4 Å². The predicted octanol–water partition coefficient (Wildman–Crippen LogP) is 2.82. The van der Waals surface area contributed by atoms with Crippen LogP contribution in [0.1, 0.15) is 40.7 Å². The van der Waals surface area contributed by atoms with Crippen LogP contribution in [0, 0.1) is 18.2 Å². The van der Waals surface area contributed by atoms with Crippen LogP contribution in [0.15, 0.2) is 29.3 Å². The zero-order chi connectivity index (χ0) is 23.3. The summed E-state index contributed by atoms with van der Waals surface area (Å²) in [6, 6.07) is 7.37. The number of aromatic nitrogens is 1. The van der Waals surface area contributed by atoms with Crippen LogP contribution in [-0.2, 0) is 17.8 Å². The average molecular weight is 450 g/mol. The van der Waals surface area contributed by atoms with Gasteiger partial charge in [-0.1, -0.05) is 13.0 Å². The van der Waals surface area contributed by atoms with Gasteiger partial charge in [0, 0.05) is 62.7 Å². The summed E-state index contributed by atoms with van der Waals surface area (Å²) in [5.41, 5.74) is 4.75. The minimum atomic E-state index is -0.283. The van der Waals surface area contributed by atoms with E-state index in [0.29, 0.717) is 41.2 Å². The Labute approximate surface area is 192 Å². The molecule has 1 spiro atoms. The van der Waals surface area contributed by atoms with Crippen molar-refractivity contribution in [2.75, 3.05) is 38.1 Å². The molecule has 7 nitrogen and oxygen atoms in total. The van der Waals surface area contributed by atoms with Gasteiger partial charge < -0.3 is 10.2 Å². The molecular weight excluding hydrogens is 421 g/mol. The third-order valence-electron chi connectivity index (χ3n) is 6.97. The number of nitrogens with one attached hydrogen (secondary N) is 1. The third-order valence-corrected chi connectivity index (χ3v) is 6.97. The maximum absolute atomic E-state index is 15.1. The highest BCUT2D eigenvalue weighted by Gasteiger charge is 2.52. The van der Waals surface area contributed by atoms with E-state index < -0.39 is 0 Å². The molecule has 172 valence electrons. The molecule has 5 rings (SSSR count). The van der Waals surface area contributed by atoms with Crippen molar-refractivity contribution in [1.82, 2.24) is 15.2 Å². The molecule has 1 aromatic carbocycles. The van der Waals surface area contributed by atoms with Gasteiger partial charge in [0.05, 0.1) is 22.8 Å². The first-order valence-electron chi connectivity index (χ1n) is 11.4. The lowest BCUT2D eigenvalue weighted by Gasteiger charge is -2.61. The second-order valence-corrected chi connectivity index (χ2v) is 9.43. The summed E-state index contributed by atoms with van der Waals surface area (Å²) in [5.74, 6) is -0.545. The number of carbonyl (C=O) groups is 2. The molecule has 0 bridgehead atoms. The van der Waals surface area contributed by atoms with Crippen molar-refractivity contribution in [3.8, 4) is 0 Å². The highest BCUT2D eigenvalue weighted by atomic mass is 19.1. The Morgan fingerprint density at radius 3 is 2.61 bits per heavy atom. The highest BCUT2D eigenvalue weighted by Crippen LogP contribution is 2.43.